The van der Waals surface area contributed by atoms with E-state index >= 15 is 0 Å². The first kappa shape index (κ1) is 14.8. The fourth-order valence-electron chi connectivity index (χ4n) is 2.20. The zero-order valence-electron chi connectivity index (χ0n) is 11.8. The lowest BCUT2D eigenvalue weighted by Gasteiger charge is -2.10. The van der Waals surface area contributed by atoms with Crippen LogP contribution < -0.4 is 5.73 Å². The van der Waals surface area contributed by atoms with Gasteiger partial charge in [-0.25, -0.2) is 4.98 Å². The summed E-state index contributed by atoms with van der Waals surface area (Å²) in [4.78, 5) is 15.2. The number of alkyl halides is 1. The smallest absolute Gasteiger partial charge is 0.243 e. The van der Waals surface area contributed by atoms with Gasteiger partial charge in [0.05, 0.1) is 17.7 Å². The van der Waals surface area contributed by atoms with E-state index in [1.165, 1.54) is 0 Å². The number of hydrogen-bond acceptors (Lipinski definition) is 4. The second kappa shape index (κ2) is 5.80. The second-order valence-corrected chi connectivity index (χ2v) is 5.29. The van der Waals surface area contributed by atoms with Crippen molar-refractivity contribution in [3.63, 3.8) is 0 Å². The highest BCUT2D eigenvalue weighted by molar-refractivity contribution is 6.20. The van der Waals surface area contributed by atoms with Gasteiger partial charge in [0, 0.05) is 13.6 Å². The Bertz CT molecular complexity index is 631. The van der Waals surface area contributed by atoms with E-state index in [2.05, 4.69) is 10.1 Å². The number of amides is 1. The van der Waals surface area contributed by atoms with Gasteiger partial charge in [0.1, 0.15) is 17.9 Å². The molecule has 0 aliphatic heterocycles. The van der Waals surface area contributed by atoms with E-state index in [1.54, 1.807) is 4.68 Å². The highest BCUT2D eigenvalue weighted by atomic mass is 35.5. The normalized spacial score (nSPS) is 13.0. The number of ether oxygens (including phenoxy) is 1. The molecule has 2 aromatic heterocycles. The number of rotatable bonds is 6. The molecule has 0 saturated heterocycles. The quantitative estimate of drug-likeness (QED) is 0.633. The Morgan fingerprint density at radius 3 is 2.85 bits per heavy atom. The van der Waals surface area contributed by atoms with Crippen molar-refractivity contribution in [1.29, 1.82) is 0 Å². The highest BCUT2D eigenvalue weighted by Gasteiger charge is 2.19. The van der Waals surface area contributed by atoms with Crippen LogP contribution >= 0.6 is 11.6 Å². The molecule has 0 spiro atoms. The number of fused-ring (bicyclic) bond motifs is 1. The van der Waals surface area contributed by atoms with E-state index in [0.717, 1.165) is 22.7 Å². The molecule has 1 amide bonds. The summed E-state index contributed by atoms with van der Waals surface area (Å²) in [5.41, 5.74) is 7.62. The number of carbonyl (C=O) groups is 1. The van der Waals surface area contributed by atoms with E-state index in [0.29, 0.717) is 13.2 Å². The van der Waals surface area contributed by atoms with Crippen molar-refractivity contribution in [1.82, 2.24) is 19.3 Å². The van der Waals surface area contributed by atoms with Crippen LogP contribution in [0, 0.1) is 6.92 Å². The van der Waals surface area contributed by atoms with Crippen LogP contribution in [-0.2, 0) is 23.1 Å². The number of carbonyl (C=O) groups excluding carboxylic acids is 1. The van der Waals surface area contributed by atoms with Gasteiger partial charge in [-0.15, -0.1) is 11.6 Å². The Kier molecular flexibility index (Phi) is 4.29. The molecule has 8 heteroatoms. The fourth-order valence-corrected chi connectivity index (χ4v) is 2.37. The molecule has 110 valence electrons. The van der Waals surface area contributed by atoms with Crippen molar-refractivity contribution >= 4 is 28.7 Å². The predicted molar refractivity (Wildman–Crippen MR) is 75.5 cm³/mol. The van der Waals surface area contributed by atoms with E-state index in [4.69, 9.17) is 22.1 Å². The first-order valence-corrected chi connectivity index (χ1v) is 6.75. The third kappa shape index (κ3) is 2.78. The summed E-state index contributed by atoms with van der Waals surface area (Å²) in [6.07, 6.45) is 0. The topological polar surface area (TPSA) is 88.0 Å². The summed E-state index contributed by atoms with van der Waals surface area (Å²) in [6.45, 7) is 4.58. The zero-order valence-corrected chi connectivity index (χ0v) is 12.5. The Hall–Kier alpha value is -1.60. The molecule has 7 nitrogen and oxygen atoms in total. The summed E-state index contributed by atoms with van der Waals surface area (Å²) >= 11 is 6.18. The predicted octanol–water partition coefficient (Wildman–Crippen LogP) is 0.880. The Morgan fingerprint density at radius 1 is 1.55 bits per heavy atom. The van der Waals surface area contributed by atoms with Crippen LogP contribution in [0.4, 0.5) is 0 Å². The molecule has 0 saturated carbocycles. The SMILES string of the molecule is Cc1nn(C)c2c1nc(C(C)Cl)n2CCOCC(N)=O. The van der Waals surface area contributed by atoms with Gasteiger partial charge in [0.15, 0.2) is 5.65 Å². The second-order valence-electron chi connectivity index (χ2n) is 4.64. The maximum absolute atomic E-state index is 10.6. The third-order valence-corrected chi connectivity index (χ3v) is 3.17. The Morgan fingerprint density at radius 2 is 2.25 bits per heavy atom. The van der Waals surface area contributed by atoms with Gasteiger partial charge in [0.25, 0.3) is 0 Å². The van der Waals surface area contributed by atoms with E-state index in [9.17, 15) is 4.79 Å². The third-order valence-electron chi connectivity index (χ3n) is 2.98. The summed E-state index contributed by atoms with van der Waals surface area (Å²) < 4.78 is 8.94. The monoisotopic (exact) mass is 299 g/mol. The van der Waals surface area contributed by atoms with Crippen LogP contribution in [0.25, 0.3) is 11.2 Å². The molecule has 2 rings (SSSR count). The van der Waals surface area contributed by atoms with Crippen molar-refractivity contribution in [3.05, 3.63) is 11.5 Å². The van der Waals surface area contributed by atoms with E-state index in [-0.39, 0.29) is 12.0 Å². The first-order valence-electron chi connectivity index (χ1n) is 6.31. The van der Waals surface area contributed by atoms with Gasteiger partial charge in [-0.2, -0.15) is 5.10 Å². The van der Waals surface area contributed by atoms with Crippen molar-refractivity contribution in [2.24, 2.45) is 12.8 Å². The van der Waals surface area contributed by atoms with Crippen LogP contribution in [0.1, 0.15) is 23.8 Å². The number of aromatic nitrogens is 4. The molecule has 2 heterocycles. The van der Waals surface area contributed by atoms with Gasteiger partial charge >= 0.3 is 0 Å². The van der Waals surface area contributed by atoms with Crippen molar-refractivity contribution in [2.45, 2.75) is 25.8 Å². The average molecular weight is 300 g/mol. The number of nitrogens with two attached hydrogens (primary N) is 1. The molecule has 0 fully saturated rings. The summed E-state index contributed by atoms with van der Waals surface area (Å²) in [5.74, 6) is 0.281. The van der Waals surface area contributed by atoms with Crippen LogP contribution in [0.15, 0.2) is 0 Å². The molecule has 0 bridgehead atoms. The van der Waals surface area contributed by atoms with Gasteiger partial charge in [0.2, 0.25) is 5.91 Å². The van der Waals surface area contributed by atoms with Crippen molar-refractivity contribution < 1.29 is 9.53 Å². The van der Waals surface area contributed by atoms with E-state index in [1.807, 2.05) is 25.5 Å². The number of nitrogens with zero attached hydrogens (tertiary/aromatic N) is 4. The average Bonchev–Trinajstić information content (AvgIpc) is 2.85. The minimum absolute atomic E-state index is 0.0893. The maximum atomic E-state index is 10.6. The standard InChI is InChI=1S/C12H18ClN5O2/c1-7(13)11-15-10-8(2)16-17(3)12(10)18(11)4-5-20-6-9(14)19/h7H,4-6H2,1-3H3,(H2,14,19). The van der Waals surface area contributed by atoms with Gasteiger partial charge in [-0.3, -0.25) is 9.48 Å². The highest BCUT2D eigenvalue weighted by Crippen LogP contribution is 2.25. The molecule has 0 aliphatic carbocycles. The summed E-state index contributed by atoms with van der Waals surface area (Å²) in [7, 11) is 1.86. The minimum atomic E-state index is -0.483. The van der Waals surface area contributed by atoms with Gasteiger partial charge in [-0.1, -0.05) is 0 Å². The Balaban J connectivity index is 2.29. The molecule has 2 N–H and O–H groups in total. The van der Waals surface area contributed by atoms with Gasteiger partial charge in [-0.05, 0) is 13.8 Å². The molecular weight excluding hydrogens is 282 g/mol. The Labute approximate surface area is 121 Å². The molecule has 1 unspecified atom stereocenters. The molecule has 0 aromatic carbocycles. The lowest BCUT2D eigenvalue weighted by molar-refractivity contribution is -0.122. The van der Waals surface area contributed by atoms with Gasteiger partial charge < -0.3 is 15.0 Å². The van der Waals surface area contributed by atoms with E-state index < -0.39 is 5.91 Å². The maximum Gasteiger partial charge on any atom is 0.243 e. The molecule has 0 radical (unpaired) electrons. The molecule has 0 aliphatic rings. The first-order chi connectivity index (χ1) is 9.41. The minimum Gasteiger partial charge on any atom is -0.370 e. The summed E-state index contributed by atoms with van der Waals surface area (Å²) in [6, 6.07) is 0. The lowest BCUT2D eigenvalue weighted by Crippen LogP contribution is -2.20. The number of hydrogen-bond donors (Lipinski definition) is 1. The van der Waals surface area contributed by atoms with Crippen molar-refractivity contribution in [3.8, 4) is 0 Å². The number of imidazole rings is 1. The molecule has 2 aromatic rings. The lowest BCUT2D eigenvalue weighted by atomic mass is 10.4. The molecule has 1 atom stereocenters. The number of halogens is 1. The zero-order chi connectivity index (χ0) is 14.9. The van der Waals surface area contributed by atoms with Crippen LogP contribution in [0.5, 0.6) is 0 Å². The molecule has 20 heavy (non-hydrogen) atoms. The van der Waals surface area contributed by atoms with Crippen LogP contribution in [-0.4, -0.2) is 38.5 Å². The fraction of sp³-hybridized carbons (Fsp3) is 0.583. The van der Waals surface area contributed by atoms with Crippen LogP contribution in [0.2, 0.25) is 0 Å². The largest absolute Gasteiger partial charge is 0.370 e. The number of primary amides is 1. The summed E-state index contributed by atoms with van der Waals surface area (Å²) in [5, 5.41) is 4.12. The van der Waals surface area contributed by atoms with Crippen molar-refractivity contribution in [2.75, 3.05) is 13.2 Å². The number of aryl methyl sites for hydroxylation is 2. The van der Waals surface area contributed by atoms with Crippen LogP contribution in [0.3, 0.4) is 0 Å². The molecular formula is C12H18ClN5O2.